The van der Waals surface area contributed by atoms with E-state index in [2.05, 4.69) is 4.98 Å². The molecule has 0 saturated heterocycles. The molecular weight excluding hydrogens is 356 g/mol. The number of ether oxygens (including phenoxy) is 2. The molecule has 0 aliphatic rings. The van der Waals surface area contributed by atoms with E-state index in [1.165, 1.54) is 6.08 Å². The minimum Gasteiger partial charge on any atom is -0.497 e. The number of esters is 1. The van der Waals surface area contributed by atoms with Gasteiger partial charge in [0.1, 0.15) is 17.4 Å². The van der Waals surface area contributed by atoms with Gasteiger partial charge in [0.05, 0.1) is 7.11 Å². The first kappa shape index (κ1) is 18.9. The van der Waals surface area contributed by atoms with E-state index < -0.39 is 12.6 Å². The number of carbonyl (C=O) groups is 2. The van der Waals surface area contributed by atoms with E-state index in [9.17, 15) is 14.9 Å². The molecule has 1 aromatic heterocycles. The minimum atomic E-state index is -0.843. The number of fused-ring (bicyclic) bond motifs is 1. The third-order valence-electron chi connectivity index (χ3n) is 4.27. The smallest absolute Gasteiger partial charge is 0.349 e. The third kappa shape index (κ3) is 3.94. The number of hydrogen-bond acceptors (Lipinski definition) is 5. The van der Waals surface area contributed by atoms with Gasteiger partial charge in [0.15, 0.2) is 6.61 Å². The number of para-hydroxylation sites is 1. The Morgan fingerprint density at radius 3 is 2.54 bits per heavy atom. The van der Waals surface area contributed by atoms with Gasteiger partial charge >= 0.3 is 5.97 Å². The topological polar surface area (TPSA) is 92.2 Å². The zero-order chi connectivity index (χ0) is 20.1. The Labute approximate surface area is 162 Å². The predicted molar refractivity (Wildman–Crippen MR) is 105 cm³/mol. The molecule has 0 radical (unpaired) electrons. The van der Waals surface area contributed by atoms with Gasteiger partial charge in [-0.3, -0.25) is 4.79 Å². The van der Waals surface area contributed by atoms with E-state index in [0.29, 0.717) is 22.6 Å². The Morgan fingerprint density at radius 1 is 1.14 bits per heavy atom. The van der Waals surface area contributed by atoms with Gasteiger partial charge in [-0.25, -0.2) is 4.79 Å². The van der Waals surface area contributed by atoms with Crippen molar-refractivity contribution in [1.29, 1.82) is 5.26 Å². The number of nitrogens with zero attached hydrogens (tertiary/aromatic N) is 1. The summed E-state index contributed by atoms with van der Waals surface area (Å²) in [6.45, 7) is 1.35. The maximum atomic E-state index is 12.6. The molecule has 0 aliphatic heterocycles. The third-order valence-corrected chi connectivity index (χ3v) is 4.27. The van der Waals surface area contributed by atoms with Gasteiger partial charge in [0, 0.05) is 22.2 Å². The number of H-pyrrole nitrogens is 1. The molecule has 0 unspecified atom stereocenters. The van der Waals surface area contributed by atoms with Gasteiger partial charge in [-0.2, -0.15) is 5.26 Å². The molecule has 2 aromatic carbocycles. The largest absolute Gasteiger partial charge is 0.497 e. The SMILES string of the molecule is COc1ccc(/C=C(\C#N)C(=O)OCC(=O)c2c(C)[nH]c3ccccc23)cc1. The molecule has 3 rings (SSSR count). The second-order valence-electron chi connectivity index (χ2n) is 6.11. The molecule has 0 spiro atoms. The first-order valence-electron chi connectivity index (χ1n) is 8.57. The van der Waals surface area contributed by atoms with Crippen LogP contribution in [0.4, 0.5) is 0 Å². The number of ketones is 1. The van der Waals surface area contributed by atoms with Crippen molar-refractivity contribution in [2.45, 2.75) is 6.92 Å². The summed E-state index contributed by atoms with van der Waals surface area (Å²) in [5.41, 5.74) is 2.49. The lowest BCUT2D eigenvalue weighted by molar-refractivity contribution is -0.137. The Balaban J connectivity index is 1.72. The predicted octanol–water partition coefficient (Wildman–Crippen LogP) is 3.82. The van der Waals surface area contributed by atoms with Crippen LogP contribution in [0.2, 0.25) is 0 Å². The van der Waals surface area contributed by atoms with Gasteiger partial charge in [0.2, 0.25) is 5.78 Å². The van der Waals surface area contributed by atoms with Crippen LogP contribution in [-0.4, -0.2) is 30.5 Å². The average molecular weight is 374 g/mol. The molecule has 0 atom stereocenters. The van der Waals surface area contributed by atoms with Crippen molar-refractivity contribution in [2.24, 2.45) is 0 Å². The van der Waals surface area contributed by atoms with Crippen LogP contribution in [0.5, 0.6) is 5.75 Å². The number of aromatic amines is 1. The molecule has 6 heteroatoms. The minimum absolute atomic E-state index is 0.186. The second-order valence-corrected chi connectivity index (χ2v) is 6.11. The molecule has 28 heavy (non-hydrogen) atoms. The zero-order valence-electron chi connectivity index (χ0n) is 15.5. The molecule has 0 bridgehead atoms. The number of nitrogens with one attached hydrogen (secondary N) is 1. The number of hydrogen-bond donors (Lipinski definition) is 1. The van der Waals surface area contributed by atoms with Gasteiger partial charge in [0.25, 0.3) is 0 Å². The van der Waals surface area contributed by atoms with Crippen molar-refractivity contribution in [3.63, 3.8) is 0 Å². The Hall–Kier alpha value is -3.85. The highest BCUT2D eigenvalue weighted by Crippen LogP contribution is 2.22. The Morgan fingerprint density at radius 2 is 1.86 bits per heavy atom. The molecule has 3 aromatic rings. The van der Waals surface area contributed by atoms with Gasteiger partial charge in [-0.15, -0.1) is 0 Å². The van der Waals surface area contributed by atoms with E-state index >= 15 is 0 Å². The second kappa shape index (κ2) is 8.23. The summed E-state index contributed by atoms with van der Waals surface area (Å²) in [4.78, 5) is 27.9. The number of carbonyl (C=O) groups excluding carboxylic acids is 2. The molecule has 0 aliphatic carbocycles. The van der Waals surface area contributed by atoms with Crippen LogP contribution in [-0.2, 0) is 9.53 Å². The summed E-state index contributed by atoms with van der Waals surface area (Å²) < 4.78 is 10.2. The molecule has 0 amide bonds. The average Bonchev–Trinajstić information content (AvgIpc) is 3.06. The molecular formula is C22H18N2O4. The van der Waals surface area contributed by atoms with Crippen LogP contribution in [0.3, 0.4) is 0 Å². The van der Waals surface area contributed by atoms with Gasteiger partial charge in [-0.1, -0.05) is 30.3 Å². The maximum absolute atomic E-state index is 12.6. The number of nitriles is 1. The normalized spacial score (nSPS) is 11.1. The number of Topliss-reactive ketones (excluding diaryl/α,β-unsaturated/α-hetero) is 1. The van der Waals surface area contributed by atoms with Crippen molar-refractivity contribution in [3.05, 3.63) is 70.9 Å². The highest BCUT2D eigenvalue weighted by Gasteiger charge is 2.19. The van der Waals surface area contributed by atoms with Crippen molar-refractivity contribution in [2.75, 3.05) is 13.7 Å². The standard InChI is InChI=1S/C22H18N2O4/c1-14-21(18-5-3-4-6-19(18)24-14)20(25)13-28-22(26)16(12-23)11-15-7-9-17(27-2)10-8-15/h3-11,24H,13H2,1-2H3/b16-11+. The summed E-state index contributed by atoms with van der Waals surface area (Å²) in [6, 6.07) is 16.1. The molecule has 140 valence electrons. The highest BCUT2D eigenvalue weighted by molar-refractivity contribution is 6.10. The lowest BCUT2D eigenvalue weighted by Gasteiger charge is -2.04. The zero-order valence-corrected chi connectivity index (χ0v) is 15.5. The summed E-state index contributed by atoms with van der Waals surface area (Å²) in [7, 11) is 1.55. The monoisotopic (exact) mass is 374 g/mol. The number of methoxy groups -OCH3 is 1. The van der Waals surface area contributed by atoms with Gasteiger partial charge in [-0.05, 0) is 36.8 Å². The fourth-order valence-corrected chi connectivity index (χ4v) is 2.92. The van der Waals surface area contributed by atoms with Crippen LogP contribution in [0.1, 0.15) is 21.6 Å². The fraction of sp³-hybridized carbons (Fsp3) is 0.136. The van der Waals surface area contributed by atoms with Crippen LogP contribution in [0, 0.1) is 18.3 Å². The first-order valence-corrected chi connectivity index (χ1v) is 8.57. The molecule has 6 nitrogen and oxygen atoms in total. The fourth-order valence-electron chi connectivity index (χ4n) is 2.92. The van der Waals surface area contributed by atoms with E-state index in [4.69, 9.17) is 9.47 Å². The molecule has 0 fully saturated rings. The summed E-state index contributed by atoms with van der Waals surface area (Å²) >= 11 is 0. The van der Waals surface area contributed by atoms with Crippen molar-refractivity contribution < 1.29 is 19.1 Å². The van der Waals surface area contributed by atoms with E-state index in [1.54, 1.807) is 38.3 Å². The highest BCUT2D eigenvalue weighted by atomic mass is 16.5. The number of benzene rings is 2. The summed E-state index contributed by atoms with van der Waals surface area (Å²) in [6.07, 6.45) is 1.41. The Kier molecular flexibility index (Phi) is 5.56. The lowest BCUT2D eigenvalue weighted by Crippen LogP contribution is -2.15. The molecule has 0 saturated carbocycles. The van der Waals surface area contributed by atoms with E-state index in [0.717, 1.165) is 10.9 Å². The number of aryl methyl sites for hydroxylation is 1. The number of rotatable bonds is 6. The number of aromatic nitrogens is 1. The van der Waals surface area contributed by atoms with Gasteiger partial charge < -0.3 is 14.5 Å². The Bertz CT molecular complexity index is 1100. The first-order chi connectivity index (χ1) is 13.5. The van der Waals surface area contributed by atoms with Crippen LogP contribution in [0.25, 0.3) is 17.0 Å². The molecule has 1 heterocycles. The van der Waals surface area contributed by atoms with E-state index in [1.807, 2.05) is 30.3 Å². The lowest BCUT2D eigenvalue weighted by atomic mass is 10.1. The van der Waals surface area contributed by atoms with Crippen molar-refractivity contribution >= 4 is 28.7 Å². The quantitative estimate of drug-likeness (QED) is 0.306. The van der Waals surface area contributed by atoms with Crippen LogP contribution < -0.4 is 4.74 Å². The summed E-state index contributed by atoms with van der Waals surface area (Å²) in [5.74, 6) is -0.507. The van der Waals surface area contributed by atoms with E-state index in [-0.39, 0.29) is 11.4 Å². The van der Waals surface area contributed by atoms with Crippen molar-refractivity contribution in [3.8, 4) is 11.8 Å². The van der Waals surface area contributed by atoms with Crippen molar-refractivity contribution in [1.82, 2.24) is 4.98 Å². The molecule has 1 N–H and O–H groups in total. The van der Waals surface area contributed by atoms with Crippen LogP contribution >= 0.6 is 0 Å². The van der Waals surface area contributed by atoms with Crippen LogP contribution in [0.15, 0.2) is 54.1 Å². The summed E-state index contributed by atoms with van der Waals surface area (Å²) in [5, 5.41) is 10.0. The maximum Gasteiger partial charge on any atom is 0.349 e.